The first kappa shape index (κ1) is 22.1. The number of carbonyl (C=O) groups excluding carboxylic acids is 2. The number of nitrogens with zero attached hydrogens (tertiary/aromatic N) is 1. The molecule has 0 aliphatic carbocycles. The van der Waals surface area contributed by atoms with E-state index in [1.807, 2.05) is 27.7 Å². The highest BCUT2D eigenvalue weighted by molar-refractivity contribution is 5.90. The second kappa shape index (κ2) is 9.42. The molecule has 2 amide bonds. The molecule has 4 N–H and O–H groups in total. The largest absolute Gasteiger partial charge is 0.478 e. The molecular weight excluding hydrogens is 310 g/mol. The molecule has 7 nitrogen and oxygen atoms in total. The Balaban J connectivity index is 4.99. The van der Waals surface area contributed by atoms with Gasteiger partial charge in [0.25, 0.3) is 0 Å². The summed E-state index contributed by atoms with van der Waals surface area (Å²) in [5.41, 5.74) is 5.20. The quantitative estimate of drug-likeness (QED) is 0.544. The normalized spacial score (nSPS) is 13.6. The Hall–Kier alpha value is -1.89. The average molecular weight is 341 g/mol. The zero-order valence-electron chi connectivity index (χ0n) is 15.5. The first-order valence-electron chi connectivity index (χ1n) is 8.24. The lowest BCUT2D eigenvalue weighted by Gasteiger charge is -2.30. The summed E-state index contributed by atoms with van der Waals surface area (Å²) in [5.74, 6) is -1.64. The fourth-order valence-corrected chi connectivity index (χ4v) is 2.27. The van der Waals surface area contributed by atoms with Gasteiger partial charge in [-0.1, -0.05) is 33.8 Å². The summed E-state index contributed by atoms with van der Waals surface area (Å²) in [4.78, 5) is 36.9. The van der Waals surface area contributed by atoms with E-state index in [4.69, 9.17) is 10.8 Å². The zero-order chi connectivity index (χ0) is 19.1. The standard InChI is InChI=1S/C17H31N3O4/c1-7-17(18,8-2)16(24)19-10-14(21)20(6)13(11(3)4)9-12(5)15(22)23/h9,11,13H,7-8,10,18H2,1-6H3,(H,19,24)(H,22,23)/b12-9+/t13-/m1/s1. The molecule has 0 aromatic carbocycles. The van der Waals surface area contributed by atoms with Crippen LogP contribution in [0.1, 0.15) is 47.5 Å². The van der Waals surface area contributed by atoms with Crippen LogP contribution in [-0.4, -0.2) is 53.0 Å². The Morgan fingerprint density at radius 1 is 1.25 bits per heavy atom. The van der Waals surface area contributed by atoms with Gasteiger partial charge in [-0.3, -0.25) is 9.59 Å². The van der Waals surface area contributed by atoms with Crippen LogP contribution >= 0.6 is 0 Å². The van der Waals surface area contributed by atoms with Gasteiger partial charge in [-0.25, -0.2) is 4.79 Å². The Kier molecular flexibility index (Phi) is 8.67. The van der Waals surface area contributed by atoms with E-state index in [0.717, 1.165) is 0 Å². The lowest BCUT2D eigenvalue weighted by molar-refractivity contribution is -0.135. The molecule has 0 aromatic heterocycles. The molecular formula is C17H31N3O4. The molecule has 0 saturated heterocycles. The van der Waals surface area contributed by atoms with Crippen LogP contribution in [0.25, 0.3) is 0 Å². The lowest BCUT2D eigenvalue weighted by atomic mass is 9.93. The van der Waals surface area contributed by atoms with Crippen LogP contribution in [-0.2, 0) is 14.4 Å². The number of aliphatic carboxylic acids is 1. The van der Waals surface area contributed by atoms with Gasteiger partial charge in [-0.05, 0) is 25.7 Å². The molecule has 0 radical (unpaired) electrons. The van der Waals surface area contributed by atoms with E-state index in [9.17, 15) is 14.4 Å². The first-order chi connectivity index (χ1) is 11.0. The molecule has 0 aliphatic rings. The van der Waals surface area contributed by atoms with Gasteiger partial charge in [0, 0.05) is 12.6 Å². The van der Waals surface area contributed by atoms with E-state index in [2.05, 4.69) is 5.32 Å². The number of amides is 2. The van der Waals surface area contributed by atoms with Gasteiger partial charge in [0.2, 0.25) is 11.8 Å². The number of nitrogens with one attached hydrogen (secondary N) is 1. The number of carboxylic acids is 1. The minimum absolute atomic E-state index is 0.0313. The molecule has 0 bridgehead atoms. The summed E-state index contributed by atoms with van der Waals surface area (Å²) >= 11 is 0. The second-order valence-corrected chi connectivity index (χ2v) is 6.44. The third-order valence-corrected chi connectivity index (χ3v) is 4.40. The maximum Gasteiger partial charge on any atom is 0.331 e. The summed E-state index contributed by atoms with van der Waals surface area (Å²) in [6, 6.07) is -0.370. The smallest absolute Gasteiger partial charge is 0.331 e. The number of carboxylic acid groups (broad SMARTS) is 1. The van der Waals surface area contributed by atoms with Crippen molar-refractivity contribution in [2.45, 2.75) is 59.0 Å². The molecule has 0 unspecified atom stereocenters. The van der Waals surface area contributed by atoms with Crippen molar-refractivity contribution < 1.29 is 19.5 Å². The SMILES string of the molecule is CCC(N)(CC)C(=O)NCC(=O)N(C)[C@H](/C=C(\C)C(=O)O)C(C)C. The van der Waals surface area contributed by atoms with Crippen molar-refractivity contribution >= 4 is 17.8 Å². The molecule has 0 rings (SSSR count). The zero-order valence-corrected chi connectivity index (χ0v) is 15.5. The van der Waals surface area contributed by atoms with E-state index in [1.165, 1.54) is 11.8 Å². The summed E-state index contributed by atoms with van der Waals surface area (Å²) in [5, 5.41) is 11.6. The highest BCUT2D eigenvalue weighted by Crippen LogP contribution is 2.14. The molecule has 0 spiro atoms. The van der Waals surface area contributed by atoms with Gasteiger partial charge >= 0.3 is 5.97 Å². The van der Waals surface area contributed by atoms with E-state index < -0.39 is 11.5 Å². The van der Waals surface area contributed by atoms with Crippen LogP contribution < -0.4 is 11.1 Å². The topological polar surface area (TPSA) is 113 Å². The molecule has 7 heteroatoms. The van der Waals surface area contributed by atoms with Crippen LogP contribution in [0.5, 0.6) is 0 Å². The Morgan fingerprint density at radius 2 is 1.75 bits per heavy atom. The van der Waals surface area contributed by atoms with Crippen molar-refractivity contribution in [2.75, 3.05) is 13.6 Å². The van der Waals surface area contributed by atoms with Gasteiger partial charge in [-0.2, -0.15) is 0 Å². The third kappa shape index (κ3) is 5.96. The molecule has 0 aliphatic heterocycles. The Morgan fingerprint density at radius 3 is 2.12 bits per heavy atom. The van der Waals surface area contributed by atoms with Crippen molar-refractivity contribution in [2.24, 2.45) is 11.7 Å². The van der Waals surface area contributed by atoms with Gasteiger partial charge in [0.15, 0.2) is 0 Å². The third-order valence-electron chi connectivity index (χ3n) is 4.40. The number of nitrogens with two attached hydrogens (primary N) is 1. The summed E-state index contributed by atoms with van der Waals surface area (Å²) < 4.78 is 0. The number of hydrogen-bond acceptors (Lipinski definition) is 4. The maximum atomic E-state index is 12.3. The monoisotopic (exact) mass is 341 g/mol. The van der Waals surface area contributed by atoms with Crippen molar-refractivity contribution in [1.82, 2.24) is 10.2 Å². The van der Waals surface area contributed by atoms with E-state index >= 15 is 0 Å². The van der Waals surface area contributed by atoms with Gasteiger partial charge in [0.1, 0.15) is 0 Å². The van der Waals surface area contributed by atoms with Crippen molar-refractivity contribution in [3.05, 3.63) is 11.6 Å². The Labute approximate surface area is 144 Å². The first-order valence-corrected chi connectivity index (χ1v) is 8.24. The van der Waals surface area contributed by atoms with Crippen LogP contribution in [0, 0.1) is 5.92 Å². The molecule has 0 heterocycles. The predicted octanol–water partition coefficient (Wildman–Crippen LogP) is 1.13. The number of likely N-dealkylation sites (N-methyl/N-ethyl adjacent to an activating group) is 1. The van der Waals surface area contributed by atoms with Gasteiger partial charge in [0.05, 0.1) is 18.1 Å². The van der Waals surface area contributed by atoms with Crippen molar-refractivity contribution in [3.63, 3.8) is 0 Å². The van der Waals surface area contributed by atoms with Crippen molar-refractivity contribution in [3.8, 4) is 0 Å². The molecule has 138 valence electrons. The minimum Gasteiger partial charge on any atom is -0.478 e. The molecule has 1 atom stereocenters. The number of rotatable bonds is 9. The van der Waals surface area contributed by atoms with E-state index in [-0.39, 0.29) is 35.9 Å². The second-order valence-electron chi connectivity index (χ2n) is 6.44. The van der Waals surface area contributed by atoms with Crippen LogP contribution in [0.2, 0.25) is 0 Å². The summed E-state index contributed by atoms with van der Waals surface area (Å²) in [6.45, 7) is 8.77. The molecule has 0 aromatic rings. The fourth-order valence-electron chi connectivity index (χ4n) is 2.27. The number of carbonyl (C=O) groups is 3. The highest BCUT2D eigenvalue weighted by Gasteiger charge is 2.30. The highest BCUT2D eigenvalue weighted by atomic mass is 16.4. The van der Waals surface area contributed by atoms with E-state index in [1.54, 1.807) is 13.1 Å². The van der Waals surface area contributed by atoms with E-state index in [0.29, 0.717) is 12.8 Å². The van der Waals surface area contributed by atoms with Crippen LogP contribution in [0.3, 0.4) is 0 Å². The van der Waals surface area contributed by atoms with Crippen LogP contribution in [0.15, 0.2) is 11.6 Å². The van der Waals surface area contributed by atoms with Gasteiger partial charge in [-0.15, -0.1) is 0 Å². The number of hydrogen-bond donors (Lipinski definition) is 3. The average Bonchev–Trinajstić information content (AvgIpc) is 2.54. The fraction of sp³-hybridized carbons (Fsp3) is 0.706. The summed E-state index contributed by atoms with van der Waals surface area (Å²) in [7, 11) is 1.60. The molecule has 0 saturated carbocycles. The lowest BCUT2D eigenvalue weighted by Crippen LogP contribution is -2.55. The van der Waals surface area contributed by atoms with Crippen LogP contribution in [0.4, 0.5) is 0 Å². The summed E-state index contributed by atoms with van der Waals surface area (Å²) in [6.07, 6.45) is 2.51. The Bertz CT molecular complexity index is 496. The van der Waals surface area contributed by atoms with Gasteiger partial charge < -0.3 is 21.1 Å². The maximum absolute atomic E-state index is 12.3. The molecule has 0 fully saturated rings. The predicted molar refractivity (Wildman–Crippen MR) is 93.3 cm³/mol. The van der Waals surface area contributed by atoms with Crippen molar-refractivity contribution in [1.29, 1.82) is 0 Å². The minimum atomic E-state index is -1.02. The molecule has 24 heavy (non-hydrogen) atoms.